The van der Waals surface area contributed by atoms with Crippen molar-refractivity contribution >= 4 is 58.2 Å². The van der Waals surface area contributed by atoms with Crippen LogP contribution in [0.15, 0.2) is 0 Å². The number of rotatable bonds is 2. The van der Waals surface area contributed by atoms with E-state index in [1.807, 2.05) is 41.5 Å². The van der Waals surface area contributed by atoms with E-state index in [2.05, 4.69) is 0 Å². The Bertz CT molecular complexity index is 482. The zero-order valence-electron chi connectivity index (χ0n) is 15.8. The lowest BCUT2D eigenvalue weighted by Crippen LogP contribution is -2.45. The minimum absolute atomic E-state index is 0.0334. The summed E-state index contributed by atoms with van der Waals surface area (Å²) in [5, 5.41) is 0. The Hall–Kier alpha value is 0.0200. The third-order valence-electron chi connectivity index (χ3n) is 4.06. The molecular formula is C16H26Cl4N2O4. The summed E-state index contributed by atoms with van der Waals surface area (Å²) >= 11 is 22.0. The zero-order chi connectivity index (χ0) is 20.4. The maximum absolute atomic E-state index is 11.5. The highest BCUT2D eigenvalue weighted by Gasteiger charge is 2.42. The van der Waals surface area contributed by atoms with Crippen LogP contribution in [0, 0.1) is 0 Å². The van der Waals surface area contributed by atoms with Gasteiger partial charge in [-0.3, -0.25) is 9.59 Å². The molecule has 10 heteroatoms. The van der Waals surface area contributed by atoms with Crippen LogP contribution in [0.5, 0.6) is 0 Å². The number of ether oxygens (including phenoxy) is 2. The van der Waals surface area contributed by atoms with E-state index in [9.17, 15) is 9.59 Å². The number of amides is 2. The van der Waals surface area contributed by atoms with Gasteiger partial charge in [0.05, 0.1) is 12.2 Å². The molecule has 0 radical (unpaired) electrons. The summed E-state index contributed by atoms with van der Waals surface area (Å²) in [6, 6.07) is 0. The summed E-state index contributed by atoms with van der Waals surface area (Å²) in [5.74, 6) is -0.588. The number of hydrogen-bond acceptors (Lipinski definition) is 4. The largest absolute Gasteiger partial charge is 0.351 e. The van der Waals surface area contributed by atoms with E-state index >= 15 is 0 Å². The van der Waals surface area contributed by atoms with Crippen LogP contribution in [0.3, 0.4) is 0 Å². The maximum atomic E-state index is 11.5. The minimum atomic E-state index is -1.01. The van der Waals surface area contributed by atoms with Crippen LogP contribution < -0.4 is 0 Å². The molecule has 2 rings (SSSR count). The van der Waals surface area contributed by atoms with E-state index in [1.54, 1.807) is 9.80 Å². The lowest BCUT2D eigenvalue weighted by Gasteiger charge is -2.30. The molecular weight excluding hydrogens is 426 g/mol. The fourth-order valence-corrected chi connectivity index (χ4v) is 3.56. The smallest absolute Gasteiger partial charge is 0.258 e. The molecule has 6 nitrogen and oxygen atoms in total. The fraction of sp³-hybridized carbons (Fsp3) is 0.875. The predicted molar refractivity (Wildman–Crippen MR) is 104 cm³/mol. The molecule has 2 heterocycles. The summed E-state index contributed by atoms with van der Waals surface area (Å²) in [6.45, 7) is 12.2. The number of carbonyl (C=O) groups excluding carboxylic acids is 2. The second-order valence-electron chi connectivity index (χ2n) is 7.25. The van der Waals surface area contributed by atoms with Crippen LogP contribution in [-0.4, -0.2) is 68.0 Å². The highest BCUT2D eigenvalue weighted by atomic mass is 35.5. The van der Waals surface area contributed by atoms with Gasteiger partial charge in [0, 0.05) is 13.1 Å². The van der Waals surface area contributed by atoms with E-state index in [0.29, 0.717) is 13.1 Å². The van der Waals surface area contributed by atoms with E-state index < -0.39 is 21.1 Å². The second kappa shape index (κ2) is 9.01. The molecule has 2 aliphatic rings. The molecule has 26 heavy (non-hydrogen) atoms. The Morgan fingerprint density at radius 3 is 1.23 bits per heavy atom. The predicted octanol–water partition coefficient (Wildman–Crippen LogP) is 3.55. The van der Waals surface area contributed by atoms with Gasteiger partial charge in [0.15, 0.2) is 9.67 Å². The normalized spacial score (nSPS) is 26.9. The monoisotopic (exact) mass is 450 g/mol. The summed E-state index contributed by atoms with van der Waals surface area (Å²) < 4.78 is 11.0. The van der Waals surface area contributed by atoms with Gasteiger partial charge in [-0.2, -0.15) is 0 Å². The first-order valence-corrected chi connectivity index (χ1v) is 9.98. The van der Waals surface area contributed by atoms with Crippen molar-refractivity contribution in [3.05, 3.63) is 0 Å². The first-order chi connectivity index (χ1) is 11.7. The topological polar surface area (TPSA) is 59.1 Å². The third kappa shape index (κ3) is 6.01. The molecule has 0 spiro atoms. The second-order valence-corrected chi connectivity index (χ2v) is 9.44. The molecule has 0 bridgehead atoms. The third-order valence-corrected chi connectivity index (χ3v) is 4.81. The van der Waals surface area contributed by atoms with Gasteiger partial charge < -0.3 is 19.3 Å². The molecule has 0 aromatic heterocycles. The highest BCUT2D eigenvalue weighted by Crippen LogP contribution is 2.29. The minimum Gasteiger partial charge on any atom is -0.351 e. The summed E-state index contributed by atoms with van der Waals surface area (Å²) in [5.41, 5.74) is -1.20. The lowest BCUT2D eigenvalue weighted by atomic mass is 10.2. The summed E-state index contributed by atoms with van der Waals surface area (Å²) in [6.07, 6.45) is 0.0667. The Balaban J connectivity index is 0.000000260. The molecule has 2 fully saturated rings. The van der Waals surface area contributed by atoms with Crippen molar-refractivity contribution in [1.82, 2.24) is 9.80 Å². The molecule has 2 atom stereocenters. The van der Waals surface area contributed by atoms with Crippen molar-refractivity contribution in [2.45, 2.75) is 74.9 Å². The Morgan fingerprint density at radius 1 is 0.808 bits per heavy atom. The van der Waals surface area contributed by atoms with Crippen LogP contribution in [0.1, 0.15) is 41.5 Å². The van der Waals surface area contributed by atoms with Crippen molar-refractivity contribution in [2.24, 2.45) is 0 Å². The van der Waals surface area contributed by atoms with Gasteiger partial charge in [0.25, 0.3) is 11.8 Å². The van der Waals surface area contributed by atoms with Gasteiger partial charge in [0.1, 0.15) is 11.4 Å². The highest BCUT2D eigenvalue weighted by molar-refractivity contribution is 6.53. The molecule has 0 saturated carbocycles. The van der Waals surface area contributed by atoms with E-state index in [4.69, 9.17) is 55.9 Å². The summed E-state index contributed by atoms with van der Waals surface area (Å²) in [4.78, 5) is 24.1. The van der Waals surface area contributed by atoms with Gasteiger partial charge >= 0.3 is 0 Å². The van der Waals surface area contributed by atoms with Gasteiger partial charge in [-0.05, 0) is 41.5 Å². The molecule has 2 aliphatic heterocycles. The SMILES string of the molecule is CC1CN(C(=O)C(Cl)Cl)C(C)(C)O1.CC1CN(C(=O)C(Cl)Cl)C(C)(C)O1. The number of hydrogen-bond donors (Lipinski definition) is 0. The molecule has 0 aliphatic carbocycles. The van der Waals surface area contributed by atoms with Crippen molar-refractivity contribution in [1.29, 1.82) is 0 Å². The Labute approximate surface area is 174 Å². The fourth-order valence-electron chi connectivity index (χ4n) is 3.09. The van der Waals surface area contributed by atoms with Crippen molar-refractivity contribution < 1.29 is 19.1 Å². The summed E-state index contributed by atoms with van der Waals surface area (Å²) in [7, 11) is 0. The van der Waals surface area contributed by atoms with Gasteiger partial charge in [-0.1, -0.05) is 46.4 Å². The van der Waals surface area contributed by atoms with Crippen molar-refractivity contribution in [2.75, 3.05) is 13.1 Å². The zero-order valence-corrected chi connectivity index (χ0v) is 18.8. The van der Waals surface area contributed by atoms with Crippen molar-refractivity contribution in [3.8, 4) is 0 Å². The standard InChI is InChI=1S/2C8H13Cl2NO2/c2*1-5-4-11(7(12)6(9)10)8(2,3)13-5/h2*5-6H,4H2,1-3H3. The number of alkyl halides is 4. The van der Waals surface area contributed by atoms with Gasteiger partial charge in [-0.25, -0.2) is 0 Å². The quantitative estimate of drug-likeness (QED) is 0.602. The Kier molecular flexibility index (Phi) is 8.34. The van der Waals surface area contributed by atoms with Crippen molar-refractivity contribution in [3.63, 3.8) is 0 Å². The molecule has 0 aromatic carbocycles. The number of halogens is 4. The van der Waals surface area contributed by atoms with Gasteiger partial charge in [-0.15, -0.1) is 0 Å². The molecule has 2 amide bonds. The van der Waals surface area contributed by atoms with Crippen LogP contribution >= 0.6 is 46.4 Å². The van der Waals surface area contributed by atoms with Crippen LogP contribution in [0.4, 0.5) is 0 Å². The average molecular weight is 452 g/mol. The Morgan fingerprint density at radius 2 is 1.08 bits per heavy atom. The van der Waals surface area contributed by atoms with Crippen LogP contribution in [0.25, 0.3) is 0 Å². The molecule has 0 aromatic rings. The number of nitrogens with zero attached hydrogens (tertiary/aromatic N) is 2. The van der Waals surface area contributed by atoms with Crippen LogP contribution in [-0.2, 0) is 19.1 Å². The lowest BCUT2D eigenvalue weighted by molar-refractivity contribution is -0.144. The molecule has 2 unspecified atom stereocenters. The van der Waals surface area contributed by atoms with Crippen LogP contribution in [0.2, 0.25) is 0 Å². The molecule has 2 saturated heterocycles. The first kappa shape index (κ1) is 24.1. The number of carbonyl (C=O) groups is 2. The van der Waals surface area contributed by atoms with E-state index in [0.717, 1.165) is 0 Å². The van der Waals surface area contributed by atoms with E-state index in [-0.39, 0.29) is 24.0 Å². The van der Waals surface area contributed by atoms with Gasteiger partial charge in [0.2, 0.25) is 0 Å². The molecule has 0 N–H and O–H groups in total. The maximum Gasteiger partial charge on any atom is 0.258 e. The molecule has 152 valence electrons. The average Bonchev–Trinajstić information content (AvgIpc) is 2.90. The first-order valence-electron chi connectivity index (χ1n) is 8.24. The van der Waals surface area contributed by atoms with E-state index in [1.165, 1.54) is 0 Å².